The number of aromatic nitrogens is 3. The van der Waals surface area contributed by atoms with Gasteiger partial charge in [-0.15, -0.1) is 11.3 Å². The fourth-order valence-corrected chi connectivity index (χ4v) is 3.68. The van der Waals surface area contributed by atoms with E-state index in [4.69, 9.17) is 0 Å². The second-order valence-corrected chi connectivity index (χ2v) is 7.38. The molecule has 0 radical (unpaired) electrons. The molecule has 3 rings (SSSR count). The van der Waals surface area contributed by atoms with Crippen LogP contribution in [0.25, 0.3) is 11.1 Å². The molecular formula is C19H20N4OS. The highest BCUT2D eigenvalue weighted by atomic mass is 32.1. The number of rotatable bonds is 4. The molecule has 1 unspecified atom stereocenters. The lowest BCUT2D eigenvalue weighted by atomic mass is 10.0. The molecule has 2 aromatic heterocycles. The fraction of sp³-hybridized carbons (Fsp3) is 0.263. The first-order chi connectivity index (χ1) is 12.0. The number of amides is 1. The Kier molecular flexibility index (Phi) is 4.90. The third kappa shape index (κ3) is 3.58. The van der Waals surface area contributed by atoms with Gasteiger partial charge in [-0.25, -0.2) is 15.0 Å². The highest BCUT2D eigenvalue weighted by molar-refractivity contribution is 7.11. The maximum atomic E-state index is 12.9. The standard InChI is InChI=1S/C19H20N4OS/c1-12(18-13(2)25-14(3)22-18)23(4)19(24)16-7-5-6-15(8-16)17-9-20-11-21-10-17/h5-12H,1-4H3. The van der Waals surface area contributed by atoms with E-state index in [0.717, 1.165) is 26.7 Å². The van der Waals surface area contributed by atoms with Gasteiger partial charge in [-0.3, -0.25) is 4.79 Å². The quantitative estimate of drug-likeness (QED) is 0.711. The van der Waals surface area contributed by atoms with Crippen molar-refractivity contribution in [2.45, 2.75) is 26.8 Å². The molecule has 0 aliphatic heterocycles. The number of hydrogen-bond donors (Lipinski definition) is 0. The van der Waals surface area contributed by atoms with Crippen molar-refractivity contribution in [2.24, 2.45) is 0 Å². The zero-order valence-corrected chi connectivity index (χ0v) is 15.5. The molecule has 0 aliphatic carbocycles. The molecule has 3 aromatic rings. The van der Waals surface area contributed by atoms with Gasteiger partial charge in [-0.2, -0.15) is 0 Å². The van der Waals surface area contributed by atoms with Crippen LogP contribution in [0, 0.1) is 13.8 Å². The molecule has 25 heavy (non-hydrogen) atoms. The number of thiazole rings is 1. The fourth-order valence-electron chi connectivity index (χ4n) is 2.78. The van der Waals surface area contributed by atoms with E-state index < -0.39 is 0 Å². The van der Waals surface area contributed by atoms with Crippen LogP contribution in [0.4, 0.5) is 0 Å². The maximum absolute atomic E-state index is 12.9. The topological polar surface area (TPSA) is 59.0 Å². The third-order valence-electron chi connectivity index (χ3n) is 4.24. The van der Waals surface area contributed by atoms with E-state index >= 15 is 0 Å². The zero-order chi connectivity index (χ0) is 18.0. The van der Waals surface area contributed by atoms with Gasteiger partial charge in [0.15, 0.2) is 0 Å². The predicted octanol–water partition coefficient (Wildman–Crippen LogP) is 4.05. The molecule has 5 nitrogen and oxygen atoms in total. The summed E-state index contributed by atoms with van der Waals surface area (Å²) in [6.07, 6.45) is 4.97. The van der Waals surface area contributed by atoms with Crippen molar-refractivity contribution in [1.29, 1.82) is 0 Å². The Hall–Kier alpha value is -2.60. The number of nitrogens with zero attached hydrogens (tertiary/aromatic N) is 4. The van der Waals surface area contributed by atoms with Crippen molar-refractivity contribution in [2.75, 3.05) is 7.05 Å². The van der Waals surface area contributed by atoms with Gasteiger partial charge in [0.1, 0.15) is 6.33 Å². The summed E-state index contributed by atoms with van der Waals surface area (Å²) in [6.45, 7) is 6.04. The lowest BCUT2D eigenvalue weighted by Crippen LogP contribution is -2.30. The van der Waals surface area contributed by atoms with E-state index in [2.05, 4.69) is 15.0 Å². The average molecular weight is 352 g/mol. The number of carbonyl (C=O) groups excluding carboxylic acids is 1. The third-order valence-corrected chi connectivity index (χ3v) is 5.14. The molecule has 0 saturated heterocycles. The Balaban J connectivity index is 1.86. The molecule has 1 atom stereocenters. The predicted molar refractivity (Wildman–Crippen MR) is 99.6 cm³/mol. The van der Waals surface area contributed by atoms with E-state index in [0.29, 0.717) is 5.56 Å². The van der Waals surface area contributed by atoms with Crippen LogP contribution >= 0.6 is 11.3 Å². The number of hydrogen-bond acceptors (Lipinski definition) is 5. The van der Waals surface area contributed by atoms with Gasteiger partial charge in [0, 0.05) is 35.4 Å². The highest BCUT2D eigenvalue weighted by Gasteiger charge is 2.22. The Bertz CT molecular complexity index is 891. The van der Waals surface area contributed by atoms with E-state index in [1.165, 1.54) is 6.33 Å². The smallest absolute Gasteiger partial charge is 0.254 e. The van der Waals surface area contributed by atoms with Crippen molar-refractivity contribution >= 4 is 17.2 Å². The summed E-state index contributed by atoms with van der Waals surface area (Å²) in [4.78, 5) is 28.5. The van der Waals surface area contributed by atoms with Gasteiger partial charge in [-0.1, -0.05) is 12.1 Å². The first-order valence-corrected chi connectivity index (χ1v) is 8.85. The number of benzene rings is 1. The molecule has 6 heteroatoms. The normalized spacial score (nSPS) is 12.0. The summed E-state index contributed by atoms with van der Waals surface area (Å²) in [7, 11) is 1.82. The first-order valence-electron chi connectivity index (χ1n) is 8.04. The van der Waals surface area contributed by atoms with Gasteiger partial charge < -0.3 is 4.90 Å². The highest BCUT2D eigenvalue weighted by Crippen LogP contribution is 2.27. The Morgan fingerprint density at radius 1 is 1.16 bits per heavy atom. The molecule has 1 aromatic carbocycles. The lowest BCUT2D eigenvalue weighted by Gasteiger charge is -2.24. The van der Waals surface area contributed by atoms with Gasteiger partial charge in [-0.05, 0) is 38.5 Å². The minimum absolute atomic E-state index is 0.0312. The molecule has 0 fully saturated rings. The van der Waals surface area contributed by atoms with E-state index in [-0.39, 0.29) is 11.9 Å². The second kappa shape index (κ2) is 7.11. The monoisotopic (exact) mass is 352 g/mol. The Morgan fingerprint density at radius 3 is 2.52 bits per heavy atom. The van der Waals surface area contributed by atoms with Crippen molar-refractivity contribution in [3.8, 4) is 11.1 Å². The van der Waals surface area contributed by atoms with E-state index in [1.54, 1.807) is 28.6 Å². The summed E-state index contributed by atoms with van der Waals surface area (Å²) < 4.78 is 0. The van der Waals surface area contributed by atoms with Gasteiger partial charge in [0.25, 0.3) is 5.91 Å². The van der Waals surface area contributed by atoms with Crippen molar-refractivity contribution in [1.82, 2.24) is 19.9 Å². The van der Waals surface area contributed by atoms with Crippen LogP contribution in [0.5, 0.6) is 0 Å². The largest absolute Gasteiger partial charge is 0.333 e. The SMILES string of the molecule is Cc1nc(C(C)N(C)C(=O)c2cccc(-c3cncnc3)c2)c(C)s1. The first kappa shape index (κ1) is 17.2. The summed E-state index contributed by atoms with van der Waals surface area (Å²) in [5.41, 5.74) is 3.42. The van der Waals surface area contributed by atoms with Crippen LogP contribution in [0.1, 0.15) is 38.9 Å². The molecule has 0 saturated carbocycles. The van der Waals surface area contributed by atoms with E-state index in [1.807, 2.05) is 52.1 Å². The Morgan fingerprint density at radius 2 is 1.88 bits per heavy atom. The summed E-state index contributed by atoms with van der Waals surface area (Å²) in [5, 5.41) is 1.02. The molecular weight excluding hydrogens is 332 g/mol. The van der Waals surface area contributed by atoms with Crippen LogP contribution in [0.15, 0.2) is 43.0 Å². The molecule has 2 heterocycles. The lowest BCUT2D eigenvalue weighted by molar-refractivity contribution is 0.0740. The summed E-state index contributed by atoms with van der Waals surface area (Å²) in [5.74, 6) is -0.0312. The van der Waals surface area contributed by atoms with Gasteiger partial charge >= 0.3 is 0 Å². The van der Waals surface area contributed by atoms with Crippen molar-refractivity contribution < 1.29 is 4.79 Å². The van der Waals surface area contributed by atoms with E-state index in [9.17, 15) is 4.79 Å². The van der Waals surface area contributed by atoms with Crippen LogP contribution < -0.4 is 0 Å². The minimum Gasteiger partial charge on any atom is -0.333 e. The molecule has 128 valence electrons. The maximum Gasteiger partial charge on any atom is 0.254 e. The number of aryl methyl sites for hydroxylation is 2. The van der Waals surface area contributed by atoms with Gasteiger partial charge in [0.05, 0.1) is 16.7 Å². The number of carbonyl (C=O) groups is 1. The summed E-state index contributed by atoms with van der Waals surface area (Å²) >= 11 is 1.66. The van der Waals surface area contributed by atoms with Crippen LogP contribution in [0.2, 0.25) is 0 Å². The summed E-state index contributed by atoms with van der Waals surface area (Å²) in [6, 6.07) is 7.46. The zero-order valence-electron chi connectivity index (χ0n) is 14.7. The van der Waals surface area contributed by atoms with Crippen LogP contribution in [0.3, 0.4) is 0 Å². The average Bonchev–Trinajstić information content (AvgIpc) is 2.99. The van der Waals surface area contributed by atoms with Crippen LogP contribution in [-0.2, 0) is 0 Å². The molecule has 0 N–H and O–H groups in total. The van der Waals surface area contributed by atoms with Gasteiger partial charge in [0.2, 0.25) is 0 Å². The second-order valence-electron chi connectivity index (χ2n) is 5.97. The van der Waals surface area contributed by atoms with Crippen molar-refractivity contribution in [3.05, 3.63) is 64.1 Å². The van der Waals surface area contributed by atoms with Crippen molar-refractivity contribution in [3.63, 3.8) is 0 Å². The Labute approximate surface area is 151 Å². The molecule has 0 bridgehead atoms. The molecule has 1 amide bonds. The molecule has 0 spiro atoms. The minimum atomic E-state index is -0.0823. The molecule has 0 aliphatic rings. The van der Waals surface area contributed by atoms with Crippen LogP contribution in [-0.4, -0.2) is 32.8 Å².